The van der Waals surface area contributed by atoms with Gasteiger partial charge < -0.3 is 30.2 Å². The van der Waals surface area contributed by atoms with Crippen LogP contribution in [0.4, 0.5) is 28.8 Å². The first-order valence-corrected chi connectivity index (χ1v) is 12.3. The molecule has 0 bridgehead atoms. The number of ether oxygens (including phenoxy) is 3. The average molecular weight is 514 g/mol. The van der Waals surface area contributed by atoms with Crippen molar-refractivity contribution in [2.45, 2.75) is 20.8 Å². The minimum atomic E-state index is -0.308. The van der Waals surface area contributed by atoms with Crippen LogP contribution in [0.3, 0.4) is 0 Å². The molecule has 0 saturated carbocycles. The fourth-order valence-corrected chi connectivity index (χ4v) is 3.69. The van der Waals surface area contributed by atoms with Gasteiger partial charge in [0, 0.05) is 16.9 Å². The van der Waals surface area contributed by atoms with Crippen molar-refractivity contribution in [2.24, 2.45) is 0 Å². The van der Waals surface area contributed by atoms with Crippen LogP contribution >= 0.6 is 0 Å². The fraction of sp³-hybridized carbons (Fsp3) is 0.207. The molecule has 4 aromatic rings. The number of nitrogens with zero attached hydrogens (tertiary/aromatic N) is 2. The summed E-state index contributed by atoms with van der Waals surface area (Å²) in [6, 6.07) is 22.0. The highest BCUT2D eigenvalue weighted by molar-refractivity contribution is 6.06. The standard InChI is InChI=1S/C29H31N5O4/c1-5-37-23-14-10-21(11-15-23)31-27-26(33-28(35)20-8-7-9-25(18-20)36-4)19(3)30-29(34-27)32-22-12-16-24(17-13-22)38-6-2/h7-18H,5-6H2,1-4H3,(H,33,35)(H2,30,31,32,34). The number of benzene rings is 3. The first-order chi connectivity index (χ1) is 18.5. The van der Waals surface area contributed by atoms with E-state index in [-0.39, 0.29) is 5.91 Å². The number of anilines is 5. The van der Waals surface area contributed by atoms with Gasteiger partial charge in [0.25, 0.3) is 5.91 Å². The lowest BCUT2D eigenvalue weighted by Crippen LogP contribution is -2.16. The van der Waals surface area contributed by atoms with E-state index in [0.717, 1.165) is 22.9 Å². The molecular weight excluding hydrogens is 482 g/mol. The summed E-state index contributed by atoms with van der Waals surface area (Å²) in [6.45, 7) is 6.87. The Morgan fingerprint density at radius 3 is 1.97 bits per heavy atom. The van der Waals surface area contributed by atoms with Gasteiger partial charge in [0.1, 0.15) is 22.9 Å². The molecule has 38 heavy (non-hydrogen) atoms. The van der Waals surface area contributed by atoms with Crippen molar-refractivity contribution < 1.29 is 19.0 Å². The summed E-state index contributed by atoms with van der Waals surface area (Å²) in [4.78, 5) is 22.4. The van der Waals surface area contributed by atoms with Gasteiger partial charge in [-0.25, -0.2) is 4.98 Å². The van der Waals surface area contributed by atoms with E-state index < -0.39 is 0 Å². The van der Waals surface area contributed by atoms with Gasteiger partial charge in [0.15, 0.2) is 5.82 Å². The molecule has 196 valence electrons. The Hall–Kier alpha value is -4.79. The van der Waals surface area contributed by atoms with Crippen LogP contribution in [0.15, 0.2) is 72.8 Å². The van der Waals surface area contributed by atoms with Gasteiger partial charge in [-0.3, -0.25) is 4.79 Å². The van der Waals surface area contributed by atoms with Crippen molar-refractivity contribution in [1.82, 2.24) is 9.97 Å². The molecule has 0 saturated heterocycles. The molecule has 0 atom stereocenters. The molecule has 9 nitrogen and oxygen atoms in total. The third-order valence-electron chi connectivity index (χ3n) is 5.51. The Bertz CT molecular complexity index is 1380. The van der Waals surface area contributed by atoms with Crippen molar-refractivity contribution in [3.05, 3.63) is 84.1 Å². The number of rotatable bonds is 11. The van der Waals surface area contributed by atoms with E-state index in [2.05, 4.69) is 25.9 Å². The summed E-state index contributed by atoms with van der Waals surface area (Å²) in [5.41, 5.74) is 3.07. The van der Waals surface area contributed by atoms with E-state index in [1.807, 2.05) is 69.3 Å². The van der Waals surface area contributed by atoms with Crippen LogP contribution in [0.1, 0.15) is 29.9 Å². The van der Waals surface area contributed by atoms with Gasteiger partial charge in [0.2, 0.25) is 5.95 Å². The smallest absolute Gasteiger partial charge is 0.255 e. The number of carbonyl (C=O) groups excluding carboxylic acids is 1. The molecule has 0 aliphatic rings. The van der Waals surface area contributed by atoms with E-state index in [4.69, 9.17) is 14.2 Å². The number of hydrogen-bond acceptors (Lipinski definition) is 8. The van der Waals surface area contributed by atoms with Crippen molar-refractivity contribution in [2.75, 3.05) is 36.3 Å². The molecule has 1 heterocycles. The van der Waals surface area contributed by atoms with Gasteiger partial charge >= 0.3 is 0 Å². The van der Waals surface area contributed by atoms with Gasteiger partial charge in [-0.15, -0.1) is 0 Å². The first-order valence-electron chi connectivity index (χ1n) is 12.3. The third-order valence-corrected chi connectivity index (χ3v) is 5.51. The average Bonchev–Trinajstić information content (AvgIpc) is 2.93. The Morgan fingerprint density at radius 2 is 1.39 bits per heavy atom. The van der Waals surface area contributed by atoms with Gasteiger partial charge in [-0.2, -0.15) is 4.98 Å². The number of methoxy groups -OCH3 is 1. The zero-order valence-electron chi connectivity index (χ0n) is 21.9. The molecule has 3 N–H and O–H groups in total. The maximum Gasteiger partial charge on any atom is 0.255 e. The predicted molar refractivity (Wildman–Crippen MR) is 150 cm³/mol. The van der Waals surface area contributed by atoms with E-state index in [1.54, 1.807) is 31.4 Å². The molecule has 0 unspecified atom stereocenters. The number of hydrogen-bond donors (Lipinski definition) is 3. The van der Waals surface area contributed by atoms with Crippen molar-refractivity contribution in [1.29, 1.82) is 0 Å². The molecule has 0 aliphatic carbocycles. The second kappa shape index (κ2) is 12.4. The first kappa shape index (κ1) is 26.3. The van der Waals surface area contributed by atoms with E-state index in [0.29, 0.717) is 47.7 Å². The molecule has 0 fully saturated rings. The largest absolute Gasteiger partial charge is 0.497 e. The lowest BCUT2D eigenvalue weighted by atomic mass is 10.2. The summed E-state index contributed by atoms with van der Waals surface area (Å²) < 4.78 is 16.3. The summed E-state index contributed by atoms with van der Waals surface area (Å²) in [5.74, 6) is 2.64. The normalized spacial score (nSPS) is 10.4. The molecule has 1 aromatic heterocycles. The van der Waals surface area contributed by atoms with E-state index in [1.165, 1.54) is 0 Å². The molecular formula is C29H31N5O4. The van der Waals surface area contributed by atoms with Crippen molar-refractivity contribution >= 4 is 34.7 Å². The van der Waals surface area contributed by atoms with Gasteiger partial charge in [0.05, 0.1) is 26.0 Å². The maximum absolute atomic E-state index is 13.1. The summed E-state index contributed by atoms with van der Waals surface area (Å²) >= 11 is 0. The van der Waals surface area contributed by atoms with Crippen LogP contribution in [0.5, 0.6) is 17.2 Å². The highest BCUT2D eigenvalue weighted by Crippen LogP contribution is 2.30. The number of aromatic nitrogens is 2. The zero-order valence-corrected chi connectivity index (χ0v) is 21.9. The number of amides is 1. The highest BCUT2D eigenvalue weighted by atomic mass is 16.5. The highest BCUT2D eigenvalue weighted by Gasteiger charge is 2.17. The minimum Gasteiger partial charge on any atom is -0.497 e. The molecule has 0 spiro atoms. The molecule has 1 amide bonds. The monoisotopic (exact) mass is 513 g/mol. The molecule has 0 aliphatic heterocycles. The summed E-state index contributed by atoms with van der Waals surface area (Å²) in [7, 11) is 1.56. The zero-order chi connectivity index (χ0) is 26.9. The van der Waals surface area contributed by atoms with Crippen LogP contribution < -0.4 is 30.2 Å². The second-order valence-electron chi connectivity index (χ2n) is 8.21. The quantitative estimate of drug-likeness (QED) is 0.214. The second-order valence-corrected chi connectivity index (χ2v) is 8.21. The Balaban J connectivity index is 1.65. The SMILES string of the molecule is CCOc1ccc(Nc2nc(C)c(NC(=O)c3cccc(OC)c3)c(Nc3ccc(OCC)cc3)n2)cc1. The Labute approximate surface area is 222 Å². The Kier molecular flexibility index (Phi) is 8.61. The van der Waals surface area contributed by atoms with Crippen LogP contribution in [-0.4, -0.2) is 36.2 Å². The molecule has 4 rings (SSSR count). The van der Waals surface area contributed by atoms with Crippen molar-refractivity contribution in [3.8, 4) is 17.2 Å². The van der Waals surface area contributed by atoms with E-state index >= 15 is 0 Å². The fourth-order valence-electron chi connectivity index (χ4n) is 3.69. The van der Waals surface area contributed by atoms with Crippen LogP contribution in [0.2, 0.25) is 0 Å². The van der Waals surface area contributed by atoms with Crippen molar-refractivity contribution in [3.63, 3.8) is 0 Å². The van der Waals surface area contributed by atoms with E-state index in [9.17, 15) is 4.79 Å². The summed E-state index contributed by atoms with van der Waals surface area (Å²) in [5, 5.41) is 9.49. The third kappa shape index (κ3) is 6.70. The van der Waals surface area contributed by atoms with Gasteiger partial charge in [-0.1, -0.05) is 6.07 Å². The van der Waals surface area contributed by atoms with Crippen LogP contribution in [0, 0.1) is 6.92 Å². The van der Waals surface area contributed by atoms with Gasteiger partial charge in [-0.05, 0) is 87.5 Å². The molecule has 9 heteroatoms. The maximum atomic E-state index is 13.1. The predicted octanol–water partition coefficient (Wildman–Crippen LogP) is 6.33. The van der Waals surface area contributed by atoms with Crippen LogP contribution in [0.25, 0.3) is 0 Å². The molecule has 0 radical (unpaired) electrons. The molecule has 3 aromatic carbocycles. The summed E-state index contributed by atoms with van der Waals surface area (Å²) in [6.07, 6.45) is 0. The van der Waals surface area contributed by atoms with Crippen LogP contribution in [-0.2, 0) is 0 Å². The minimum absolute atomic E-state index is 0.308. The number of nitrogens with one attached hydrogen (secondary N) is 3. The number of carbonyl (C=O) groups is 1. The number of aryl methyl sites for hydroxylation is 1. The topological polar surface area (TPSA) is 107 Å². The lowest BCUT2D eigenvalue weighted by Gasteiger charge is -2.17. The lowest BCUT2D eigenvalue weighted by molar-refractivity contribution is 0.102. The Morgan fingerprint density at radius 1 is 0.789 bits per heavy atom.